The van der Waals surface area contributed by atoms with Gasteiger partial charge in [-0.1, -0.05) is 6.92 Å². The topological polar surface area (TPSA) is 141 Å². The van der Waals surface area contributed by atoms with E-state index in [4.69, 9.17) is 28.4 Å². The molecule has 1 fully saturated rings. The second-order valence-corrected chi connectivity index (χ2v) is 6.90. The van der Waals surface area contributed by atoms with E-state index in [2.05, 4.69) is 0 Å². The van der Waals surface area contributed by atoms with Gasteiger partial charge in [0.25, 0.3) is 0 Å². The molecule has 0 bridgehead atoms. The van der Waals surface area contributed by atoms with E-state index in [0.717, 1.165) is 20.8 Å². The lowest BCUT2D eigenvalue weighted by Gasteiger charge is -2.45. The van der Waals surface area contributed by atoms with Gasteiger partial charge < -0.3 is 28.4 Å². The van der Waals surface area contributed by atoms with Gasteiger partial charge in [-0.2, -0.15) is 0 Å². The highest BCUT2D eigenvalue weighted by molar-refractivity contribution is 5.72. The molecular weight excluding hydrogens is 404 g/mol. The Morgan fingerprint density at radius 3 is 1.67 bits per heavy atom. The number of esters is 5. The van der Waals surface area contributed by atoms with E-state index in [1.165, 1.54) is 14.0 Å². The molecule has 0 amide bonds. The van der Waals surface area contributed by atoms with Crippen molar-refractivity contribution in [2.75, 3.05) is 13.7 Å². The summed E-state index contributed by atoms with van der Waals surface area (Å²) in [7, 11) is 1.23. The normalized spacial score (nSPS) is 26.7. The average molecular weight is 432 g/mol. The highest BCUT2D eigenvalue weighted by Gasteiger charge is 2.52. The minimum Gasteiger partial charge on any atom is -0.469 e. The first-order valence-electron chi connectivity index (χ1n) is 9.34. The molecule has 11 nitrogen and oxygen atoms in total. The van der Waals surface area contributed by atoms with Gasteiger partial charge in [0.15, 0.2) is 18.3 Å². The van der Waals surface area contributed by atoms with E-state index in [1.54, 1.807) is 6.92 Å². The van der Waals surface area contributed by atoms with E-state index in [1.807, 2.05) is 0 Å². The van der Waals surface area contributed by atoms with Crippen molar-refractivity contribution in [1.82, 2.24) is 0 Å². The van der Waals surface area contributed by atoms with Gasteiger partial charge in [-0.05, 0) is 6.42 Å². The maximum atomic E-state index is 11.9. The summed E-state index contributed by atoms with van der Waals surface area (Å²) in [6.07, 6.45) is -5.61. The Kier molecular flexibility index (Phi) is 9.70. The van der Waals surface area contributed by atoms with Gasteiger partial charge in [0.05, 0.1) is 19.1 Å². The number of ether oxygens (including phenoxy) is 6. The van der Waals surface area contributed by atoms with Crippen molar-refractivity contribution in [3.05, 3.63) is 0 Å². The van der Waals surface area contributed by atoms with Crippen LogP contribution in [0.4, 0.5) is 0 Å². The summed E-state index contributed by atoms with van der Waals surface area (Å²) in [6.45, 7) is 5.88. The Bertz CT molecular complexity index is 659. The minimum absolute atomic E-state index is 0.0335. The summed E-state index contributed by atoms with van der Waals surface area (Å²) in [5.41, 5.74) is 0. The third kappa shape index (κ3) is 7.62. The molecule has 6 atom stereocenters. The molecule has 1 saturated heterocycles. The summed E-state index contributed by atoms with van der Waals surface area (Å²) in [5.74, 6) is -3.92. The average Bonchev–Trinajstić information content (AvgIpc) is 2.62. The molecule has 1 unspecified atom stereocenters. The van der Waals surface area contributed by atoms with Gasteiger partial charge in [-0.25, -0.2) is 0 Å². The lowest BCUT2D eigenvalue weighted by atomic mass is 9.89. The molecule has 1 aliphatic rings. The van der Waals surface area contributed by atoms with Crippen LogP contribution in [0, 0.1) is 5.92 Å². The second kappa shape index (κ2) is 11.5. The predicted molar refractivity (Wildman–Crippen MR) is 97.8 cm³/mol. The van der Waals surface area contributed by atoms with Crippen molar-refractivity contribution in [2.24, 2.45) is 5.92 Å². The van der Waals surface area contributed by atoms with Crippen LogP contribution in [0.3, 0.4) is 0 Å². The van der Waals surface area contributed by atoms with Gasteiger partial charge in [-0.15, -0.1) is 0 Å². The van der Waals surface area contributed by atoms with Crippen molar-refractivity contribution in [2.45, 2.75) is 71.6 Å². The molecule has 0 aromatic heterocycles. The van der Waals surface area contributed by atoms with Gasteiger partial charge in [0.1, 0.15) is 12.7 Å². The third-order valence-corrected chi connectivity index (χ3v) is 4.28. The van der Waals surface area contributed by atoms with Crippen molar-refractivity contribution < 1.29 is 52.4 Å². The molecule has 0 N–H and O–H groups in total. The smallest absolute Gasteiger partial charge is 0.308 e. The first-order chi connectivity index (χ1) is 14.0. The fourth-order valence-corrected chi connectivity index (χ4v) is 3.15. The fourth-order valence-electron chi connectivity index (χ4n) is 3.15. The molecule has 0 spiro atoms. The Morgan fingerprint density at radius 2 is 1.23 bits per heavy atom. The van der Waals surface area contributed by atoms with E-state index in [0.29, 0.717) is 0 Å². The molecule has 30 heavy (non-hydrogen) atoms. The van der Waals surface area contributed by atoms with Crippen LogP contribution in [0.1, 0.15) is 41.0 Å². The minimum atomic E-state index is -1.25. The van der Waals surface area contributed by atoms with Crippen LogP contribution in [0.5, 0.6) is 0 Å². The van der Waals surface area contributed by atoms with Crippen molar-refractivity contribution in [3.8, 4) is 0 Å². The molecule has 0 aromatic rings. The molecule has 170 valence electrons. The largest absolute Gasteiger partial charge is 0.469 e. The maximum absolute atomic E-state index is 11.9. The number of carbonyl (C=O) groups excluding carboxylic acids is 5. The Labute approximate surface area is 174 Å². The van der Waals surface area contributed by atoms with Crippen LogP contribution in [0.15, 0.2) is 0 Å². The standard InChI is InChI=1S/C19H28O11/c1-9(19(24)25-6)7-14-16(27-11(3)21)18(29-13(5)23)17(28-12(4)22)15(30-14)8-26-10(2)20/h9,14-18H,7-8H2,1-6H3/t9?,14-,15-,16-,17-,18-/m1/s1. The first-order valence-corrected chi connectivity index (χ1v) is 9.34. The first kappa shape index (κ1) is 25.3. The second-order valence-electron chi connectivity index (χ2n) is 6.90. The molecule has 0 aromatic carbocycles. The predicted octanol–water partition coefficient (Wildman–Crippen LogP) is 0.311. The molecule has 0 aliphatic carbocycles. The maximum Gasteiger partial charge on any atom is 0.308 e. The number of carbonyl (C=O) groups is 5. The Balaban J connectivity index is 3.33. The van der Waals surface area contributed by atoms with Crippen LogP contribution in [-0.2, 0) is 52.4 Å². The van der Waals surface area contributed by atoms with E-state index >= 15 is 0 Å². The summed E-state index contributed by atoms with van der Waals surface area (Å²) < 4.78 is 31.5. The van der Waals surface area contributed by atoms with Gasteiger partial charge in [0, 0.05) is 27.7 Å². The molecule has 11 heteroatoms. The summed E-state index contributed by atoms with van der Waals surface area (Å²) >= 11 is 0. The third-order valence-electron chi connectivity index (χ3n) is 4.28. The number of hydrogen-bond acceptors (Lipinski definition) is 11. The Morgan fingerprint density at radius 1 is 0.767 bits per heavy atom. The van der Waals surface area contributed by atoms with E-state index < -0.39 is 66.3 Å². The molecule has 1 aliphatic heterocycles. The Hall–Kier alpha value is -2.69. The van der Waals surface area contributed by atoms with Gasteiger partial charge in [0.2, 0.25) is 0 Å². The van der Waals surface area contributed by atoms with E-state index in [9.17, 15) is 24.0 Å². The lowest BCUT2D eigenvalue weighted by molar-refractivity contribution is -0.254. The molecular formula is C19H28O11. The van der Waals surface area contributed by atoms with Crippen LogP contribution in [0.25, 0.3) is 0 Å². The van der Waals surface area contributed by atoms with Gasteiger partial charge >= 0.3 is 29.8 Å². The van der Waals surface area contributed by atoms with Crippen molar-refractivity contribution >= 4 is 29.8 Å². The number of rotatable bonds is 8. The number of hydrogen-bond donors (Lipinski definition) is 0. The van der Waals surface area contributed by atoms with Crippen molar-refractivity contribution in [1.29, 1.82) is 0 Å². The fraction of sp³-hybridized carbons (Fsp3) is 0.737. The zero-order chi connectivity index (χ0) is 23.0. The highest BCUT2D eigenvalue weighted by atomic mass is 16.7. The highest BCUT2D eigenvalue weighted by Crippen LogP contribution is 2.32. The van der Waals surface area contributed by atoms with Crippen LogP contribution >= 0.6 is 0 Å². The van der Waals surface area contributed by atoms with E-state index in [-0.39, 0.29) is 13.0 Å². The molecule has 0 saturated carbocycles. The molecule has 1 heterocycles. The number of methoxy groups -OCH3 is 1. The summed E-state index contributed by atoms with van der Waals surface area (Å²) in [6, 6.07) is 0. The zero-order valence-corrected chi connectivity index (χ0v) is 17.9. The summed E-state index contributed by atoms with van der Waals surface area (Å²) in [4.78, 5) is 58.2. The monoisotopic (exact) mass is 432 g/mol. The lowest BCUT2D eigenvalue weighted by Crippen LogP contribution is -2.62. The quantitative estimate of drug-likeness (QED) is 0.386. The van der Waals surface area contributed by atoms with Gasteiger partial charge in [-0.3, -0.25) is 24.0 Å². The SMILES string of the molecule is COC(=O)C(C)C[C@H]1O[C@H](COC(C)=O)[C@@H](OC(C)=O)[C@H](OC(C)=O)[C@@H]1OC(C)=O. The summed E-state index contributed by atoms with van der Waals surface area (Å²) in [5, 5.41) is 0. The zero-order valence-electron chi connectivity index (χ0n) is 17.9. The van der Waals surface area contributed by atoms with Crippen molar-refractivity contribution in [3.63, 3.8) is 0 Å². The molecule has 1 rings (SSSR count). The van der Waals surface area contributed by atoms with Crippen LogP contribution in [0.2, 0.25) is 0 Å². The van der Waals surface area contributed by atoms with Crippen LogP contribution in [-0.4, -0.2) is 74.1 Å². The molecule has 0 radical (unpaired) electrons. The van der Waals surface area contributed by atoms with Crippen LogP contribution < -0.4 is 0 Å².